The largest absolute Gasteiger partial charge is 0.497 e. The van der Waals surface area contributed by atoms with Crippen LogP contribution in [-0.4, -0.2) is 20.2 Å². The summed E-state index contributed by atoms with van der Waals surface area (Å²) in [6, 6.07) is 14.2. The second kappa shape index (κ2) is 8.39. The highest BCUT2D eigenvalue weighted by molar-refractivity contribution is 5.87. The number of carbonyl (C=O) groups excluding carboxylic acids is 1. The van der Waals surface area contributed by atoms with Crippen LogP contribution in [0.15, 0.2) is 48.5 Å². The number of benzene rings is 2. The summed E-state index contributed by atoms with van der Waals surface area (Å²) in [5.41, 5.74) is 2.13. The van der Waals surface area contributed by atoms with Crippen LogP contribution in [0.3, 0.4) is 0 Å². The Labute approximate surface area is 140 Å². The molecule has 0 heterocycles. The molecule has 0 amide bonds. The Balaban J connectivity index is 1.96. The van der Waals surface area contributed by atoms with Crippen molar-refractivity contribution < 1.29 is 19.0 Å². The van der Waals surface area contributed by atoms with Gasteiger partial charge in [0, 0.05) is 17.7 Å². The molecule has 122 valence electrons. The fraction of sp³-hybridized carbons (Fsp3) is 0.158. The Kier molecular flexibility index (Phi) is 5.98. The first-order valence-corrected chi connectivity index (χ1v) is 7.22. The normalized spacial score (nSPS) is 10.2. The number of nitriles is 1. The Morgan fingerprint density at radius 1 is 1.12 bits per heavy atom. The van der Waals surface area contributed by atoms with Crippen molar-refractivity contribution in [3.05, 3.63) is 65.2 Å². The van der Waals surface area contributed by atoms with Gasteiger partial charge in [0.15, 0.2) is 0 Å². The summed E-state index contributed by atoms with van der Waals surface area (Å²) in [6.45, 7) is 0.147. The van der Waals surface area contributed by atoms with Gasteiger partial charge in [-0.1, -0.05) is 12.1 Å². The molecule has 0 N–H and O–H groups in total. The van der Waals surface area contributed by atoms with Gasteiger partial charge in [0.2, 0.25) is 0 Å². The maximum absolute atomic E-state index is 11.8. The van der Waals surface area contributed by atoms with Gasteiger partial charge in [-0.25, -0.2) is 4.79 Å². The Hall–Kier alpha value is -3.26. The van der Waals surface area contributed by atoms with E-state index in [-0.39, 0.29) is 6.61 Å². The summed E-state index contributed by atoms with van der Waals surface area (Å²) in [6.07, 6.45) is 2.97. The Morgan fingerprint density at radius 3 is 2.50 bits per heavy atom. The molecule has 2 rings (SSSR count). The highest BCUT2D eigenvalue weighted by Gasteiger charge is 2.04. The summed E-state index contributed by atoms with van der Waals surface area (Å²) in [5.74, 6) is 0.815. The lowest BCUT2D eigenvalue weighted by atomic mass is 10.1. The quantitative estimate of drug-likeness (QED) is 0.602. The molecule has 0 aliphatic carbocycles. The van der Waals surface area contributed by atoms with Crippen molar-refractivity contribution in [2.45, 2.75) is 6.61 Å². The first kappa shape index (κ1) is 17.1. The fourth-order valence-corrected chi connectivity index (χ4v) is 1.99. The summed E-state index contributed by atoms with van der Waals surface area (Å²) in [4.78, 5) is 11.8. The van der Waals surface area contributed by atoms with E-state index in [0.717, 1.165) is 11.1 Å². The van der Waals surface area contributed by atoms with Gasteiger partial charge in [-0.15, -0.1) is 0 Å². The van der Waals surface area contributed by atoms with Crippen molar-refractivity contribution in [3.8, 4) is 17.6 Å². The number of methoxy groups -OCH3 is 2. The minimum absolute atomic E-state index is 0.147. The molecule has 5 heteroatoms. The number of nitrogens with zero attached hydrogens (tertiary/aromatic N) is 1. The second-order valence-corrected chi connectivity index (χ2v) is 4.86. The summed E-state index contributed by atoms with van der Waals surface area (Å²) >= 11 is 0. The minimum atomic E-state index is -0.461. The van der Waals surface area contributed by atoms with Crippen LogP contribution in [0.4, 0.5) is 0 Å². The number of rotatable bonds is 6. The highest BCUT2D eigenvalue weighted by Crippen LogP contribution is 2.25. The lowest BCUT2D eigenvalue weighted by molar-refractivity contribution is -0.138. The molecule has 0 radical (unpaired) electrons. The maximum atomic E-state index is 11.8. The number of ether oxygens (including phenoxy) is 3. The van der Waals surface area contributed by atoms with Gasteiger partial charge in [-0.3, -0.25) is 0 Å². The molecule has 0 saturated carbocycles. The predicted octanol–water partition coefficient (Wildman–Crippen LogP) is 3.33. The molecular weight excluding hydrogens is 306 g/mol. The monoisotopic (exact) mass is 323 g/mol. The molecule has 0 saturated heterocycles. The first-order valence-electron chi connectivity index (χ1n) is 7.22. The molecule has 0 aliphatic rings. The fourth-order valence-electron chi connectivity index (χ4n) is 1.99. The lowest BCUT2D eigenvalue weighted by Crippen LogP contribution is -2.00. The van der Waals surface area contributed by atoms with E-state index in [4.69, 9.17) is 19.5 Å². The van der Waals surface area contributed by atoms with Crippen LogP contribution in [0.2, 0.25) is 0 Å². The van der Waals surface area contributed by atoms with E-state index in [1.165, 1.54) is 6.08 Å². The zero-order valence-corrected chi connectivity index (χ0v) is 13.5. The molecule has 0 spiro atoms. The number of hydrogen-bond donors (Lipinski definition) is 0. The summed E-state index contributed by atoms with van der Waals surface area (Å²) < 4.78 is 15.6. The number of esters is 1. The van der Waals surface area contributed by atoms with E-state index >= 15 is 0 Å². The summed E-state index contributed by atoms with van der Waals surface area (Å²) in [7, 11) is 3.13. The van der Waals surface area contributed by atoms with Gasteiger partial charge in [-0.2, -0.15) is 5.26 Å². The van der Waals surface area contributed by atoms with Crippen molar-refractivity contribution in [2.24, 2.45) is 0 Å². The van der Waals surface area contributed by atoms with Crippen LogP contribution in [0.1, 0.15) is 16.7 Å². The van der Waals surface area contributed by atoms with Crippen molar-refractivity contribution in [3.63, 3.8) is 0 Å². The van der Waals surface area contributed by atoms with Crippen LogP contribution in [-0.2, 0) is 16.1 Å². The second-order valence-electron chi connectivity index (χ2n) is 4.86. The third kappa shape index (κ3) is 4.62. The van der Waals surface area contributed by atoms with Crippen molar-refractivity contribution in [1.82, 2.24) is 0 Å². The Morgan fingerprint density at radius 2 is 1.88 bits per heavy atom. The topological polar surface area (TPSA) is 68.5 Å². The number of carbonyl (C=O) groups is 1. The summed E-state index contributed by atoms with van der Waals surface area (Å²) in [5, 5.41) is 8.74. The van der Waals surface area contributed by atoms with E-state index in [9.17, 15) is 4.79 Å². The highest BCUT2D eigenvalue weighted by atomic mass is 16.5. The molecule has 2 aromatic rings. The molecule has 0 aromatic heterocycles. The third-order valence-electron chi connectivity index (χ3n) is 3.30. The van der Waals surface area contributed by atoms with Gasteiger partial charge in [0.25, 0.3) is 0 Å². The molecule has 0 fully saturated rings. The predicted molar refractivity (Wildman–Crippen MR) is 89.5 cm³/mol. The molecular formula is C19H17NO4. The molecule has 0 atom stereocenters. The van der Waals surface area contributed by atoms with Gasteiger partial charge in [0.05, 0.1) is 25.9 Å². The zero-order valence-electron chi connectivity index (χ0n) is 13.5. The average molecular weight is 323 g/mol. The number of hydrogen-bond acceptors (Lipinski definition) is 5. The molecule has 0 aliphatic heterocycles. The van der Waals surface area contributed by atoms with Crippen LogP contribution in [0.25, 0.3) is 6.08 Å². The maximum Gasteiger partial charge on any atom is 0.331 e. The van der Waals surface area contributed by atoms with E-state index in [1.54, 1.807) is 62.8 Å². The first-order chi connectivity index (χ1) is 11.7. The van der Waals surface area contributed by atoms with Gasteiger partial charge >= 0.3 is 5.97 Å². The van der Waals surface area contributed by atoms with E-state index in [0.29, 0.717) is 17.1 Å². The van der Waals surface area contributed by atoms with E-state index in [1.807, 2.05) is 6.07 Å². The van der Waals surface area contributed by atoms with Crippen LogP contribution in [0, 0.1) is 11.3 Å². The third-order valence-corrected chi connectivity index (χ3v) is 3.30. The van der Waals surface area contributed by atoms with Gasteiger partial charge in [-0.05, 0) is 35.9 Å². The average Bonchev–Trinajstić information content (AvgIpc) is 2.64. The Bertz CT molecular complexity index is 773. The van der Waals surface area contributed by atoms with Crippen LogP contribution < -0.4 is 9.47 Å². The molecule has 0 bridgehead atoms. The standard InChI is InChI=1S/C19H17NO4/c1-22-17-9-7-16(18(11-17)23-2)8-10-19(21)24-13-15-5-3-14(12-20)4-6-15/h3-11H,13H2,1-2H3/b10-8+. The molecule has 24 heavy (non-hydrogen) atoms. The van der Waals surface area contributed by atoms with Gasteiger partial charge < -0.3 is 14.2 Å². The van der Waals surface area contributed by atoms with E-state index in [2.05, 4.69) is 0 Å². The molecule has 2 aromatic carbocycles. The molecule has 0 unspecified atom stereocenters. The zero-order chi connectivity index (χ0) is 17.4. The SMILES string of the molecule is COc1ccc(/C=C/C(=O)OCc2ccc(C#N)cc2)c(OC)c1. The van der Waals surface area contributed by atoms with Crippen molar-refractivity contribution in [2.75, 3.05) is 14.2 Å². The minimum Gasteiger partial charge on any atom is -0.497 e. The van der Waals surface area contributed by atoms with Crippen LogP contribution >= 0.6 is 0 Å². The van der Waals surface area contributed by atoms with Gasteiger partial charge in [0.1, 0.15) is 18.1 Å². The smallest absolute Gasteiger partial charge is 0.331 e. The van der Waals surface area contributed by atoms with E-state index < -0.39 is 5.97 Å². The lowest BCUT2D eigenvalue weighted by Gasteiger charge is -2.07. The van der Waals surface area contributed by atoms with Crippen LogP contribution in [0.5, 0.6) is 11.5 Å². The van der Waals surface area contributed by atoms with Crippen molar-refractivity contribution in [1.29, 1.82) is 5.26 Å². The molecule has 5 nitrogen and oxygen atoms in total. The van der Waals surface area contributed by atoms with Crippen molar-refractivity contribution >= 4 is 12.0 Å².